The standard InChI is InChI=1S/C30H42ClN3O5/c1-19(2)20-7-6-8-21(15-20)27-23(9-11-33-28(27)31)30(37,10-4-5-13-38-3)26-18-34(12-14-39-26)29(36)22-16-24(32)25(35)17-22/h6-9,11,15,19,22,24-26,35,37H,4-5,10,12-14,16-18,32H2,1-3H3/t22-,24+,25-,26+,30-/m0/s1. The van der Waals surface area contributed by atoms with Gasteiger partial charge in [-0.25, -0.2) is 4.98 Å². The van der Waals surface area contributed by atoms with Gasteiger partial charge in [0.15, 0.2) is 0 Å². The van der Waals surface area contributed by atoms with Crippen molar-refractivity contribution in [1.29, 1.82) is 0 Å². The molecule has 2 heterocycles. The molecule has 2 aliphatic rings. The third-order valence-electron chi connectivity index (χ3n) is 8.21. The number of pyridine rings is 1. The summed E-state index contributed by atoms with van der Waals surface area (Å²) < 4.78 is 11.5. The third-order valence-corrected chi connectivity index (χ3v) is 8.49. The number of morpholine rings is 1. The molecule has 1 aliphatic carbocycles. The van der Waals surface area contributed by atoms with Gasteiger partial charge in [0.1, 0.15) is 16.9 Å². The smallest absolute Gasteiger partial charge is 0.226 e. The zero-order valence-electron chi connectivity index (χ0n) is 23.2. The maximum absolute atomic E-state index is 13.4. The number of carbonyl (C=O) groups is 1. The van der Waals surface area contributed by atoms with E-state index in [2.05, 4.69) is 31.0 Å². The SMILES string of the molecule is COCCCC[C@](O)(c1ccnc(Cl)c1-c1cccc(C(C)C)c1)[C@H]1CN(C(=O)[C@H]2C[C@@H](N)[C@@H](O)C2)CCO1. The monoisotopic (exact) mass is 559 g/mol. The van der Waals surface area contributed by atoms with Gasteiger partial charge in [0.25, 0.3) is 0 Å². The van der Waals surface area contributed by atoms with Gasteiger partial charge in [0, 0.05) is 44.0 Å². The molecule has 1 aliphatic heterocycles. The summed E-state index contributed by atoms with van der Waals surface area (Å²) >= 11 is 6.73. The fraction of sp³-hybridized carbons (Fsp3) is 0.600. The normalized spacial score (nSPS) is 25.2. The molecule has 9 heteroatoms. The van der Waals surface area contributed by atoms with Gasteiger partial charge in [-0.1, -0.05) is 49.7 Å². The van der Waals surface area contributed by atoms with Crippen LogP contribution in [-0.4, -0.2) is 77.7 Å². The van der Waals surface area contributed by atoms with Gasteiger partial charge in [-0.3, -0.25) is 4.79 Å². The first-order valence-corrected chi connectivity index (χ1v) is 14.3. The Hall–Kier alpha value is -2.07. The van der Waals surface area contributed by atoms with E-state index in [0.29, 0.717) is 67.6 Å². The summed E-state index contributed by atoms with van der Waals surface area (Å²) in [5.74, 6) is -0.0526. The first kappa shape index (κ1) is 29.9. The Labute approximate surface area is 236 Å². The lowest BCUT2D eigenvalue weighted by molar-refractivity contribution is -0.167. The van der Waals surface area contributed by atoms with Crippen molar-refractivity contribution in [2.24, 2.45) is 11.7 Å². The zero-order chi connectivity index (χ0) is 28.2. The molecule has 5 atom stereocenters. The average Bonchev–Trinajstić information content (AvgIpc) is 3.28. The molecular formula is C30H42ClN3O5. The van der Waals surface area contributed by atoms with Crippen molar-refractivity contribution in [2.75, 3.05) is 33.4 Å². The largest absolute Gasteiger partial charge is 0.391 e. The molecule has 4 N–H and O–H groups in total. The molecule has 0 unspecified atom stereocenters. The van der Waals surface area contributed by atoms with Gasteiger partial charge in [-0.05, 0) is 60.8 Å². The molecule has 0 radical (unpaired) electrons. The van der Waals surface area contributed by atoms with Crippen LogP contribution in [0.1, 0.15) is 63.0 Å². The number of halogens is 1. The third kappa shape index (κ3) is 6.64. The van der Waals surface area contributed by atoms with Crippen LogP contribution in [0.4, 0.5) is 0 Å². The highest BCUT2D eigenvalue weighted by Gasteiger charge is 2.46. The van der Waals surface area contributed by atoms with E-state index < -0.39 is 23.9 Å². The number of nitrogens with two attached hydrogens (primary N) is 1. The van der Waals surface area contributed by atoms with Crippen LogP contribution in [0, 0.1) is 5.92 Å². The summed E-state index contributed by atoms with van der Waals surface area (Å²) in [5, 5.41) is 23.0. The van der Waals surface area contributed by atoms with Crippen molar-refractivity contribution in [3.05, 3.63) is 52.8 Å². The van der Waals surface area contributed by atoms with E-state index in [9.17, 15) is 15.0 Å². The van der Waals surface area contributed by atoms with Crippen LogP contribution >= 0.6 is 11.6 Å². The number of carbonyl (C=O) groups excluding carboxylic acids is 1. The molecular weight excluding hydrogens is 518 g/mol. The number of aliphatic hydroxyl groups excluding tert-OH is 1. The minimum Gasteiger partial charge on any atom is -0.391 e. The van der Waals surface area contributed by atoms with E-state index in [0.717, 1.165) is 17.5 Å². The number of rotatable bonds is 10. The van der Waals surface area contributed by atoms with E-state index in [4.69, 9.17) is 26.8 Å². The number of aliphatic hydroxyl groups is 2. The van der Waals surface area contributed by atoms with Crippen LogP contribution in [0.3, 0.4) is 0 Å². The summed E-state index contributed by atoms with van der Waals surface area (Å²) in [6.07, 6.45) is 2.93. The highest BCUT2D eigenvalue weighted by Crippen LogP contribution is 2.43. The first-order chi connectivity index (χ1) is 18.7. The second kappa shape index (κ2) is 13.1. The van der Waals surface area contributed by atoms with E-state index in [1.54, 1.807) is 18.2 Å². The van der Waals surface area contributed by atoms with Gasteiger partial charge >= 0.3 is 0 Å². The Morgan fingerprint density at radius 3 is 2.79 bits per heavy atom. The Morgan fingerprint density at radius 2 is 2.10 bits per heavy atom. The van der Waals surface area contributed by atoms with E-state index in [1.807, 2.05) is 18.2 Å². The summed E-state index contributed by atoms with van der Waals surface area (Å²) in [6, 6.07) is 9.57. The summed E-state index contributed by atoms with van der Waals surface area (Å²) in [5.41, 5.74) is 7.90. The lowest BCUT2D eigenvalue weighted by atomic mass is 9.79. The lowest BCUT2D eigenvalue weighted by Crippen LogP contribution is -2.55. The lowest BCUT2D eigenvalue weighted by Gasteiger charge is -2.43. The molecule has 1 saturated carbocycles. The van der Waals surface area contributed by atoms with Crippen molar-refractivity contribution in [3.8, 4) is 11.1 Å². The Balaban J connectivity index is 1.70. The van der Waals surface area contributed by atoms with Gasteiger partial charge in [-0.15, -0.1) is 0 Å². The fourth-order valence-electron chi connectivity index (χ4n) is 5.88. The Kier molecular flexibility index (Phi) is 10.0. The van der Waals surface area contributed by atoms with Crippen molar-refractivity contribution < 1.29 is 24.5 Å². The van der Waals surface area contributed by atoms with Gasteiger partial charge in [0.05, 0.1) is 19.3 Å². The number of ether oxygens (including phenoxy) is 2. The quantitative estimate of drug-likeness (QED) is 0.299. The van der Waals surface area contributed by atoms with Crippen LogP contribution in [0.25, 0.3) is 11.1 Å². The molecule has 0 bridgehead atoms. The van der Waals surface area contributed by atoms with Crippen molar-refractivity contribution in [3.63, 3.8) is 0 Å². The van der Waals surface area contributed by atoms with Crippen molar-refractivity contribution in [2.45, 2.75) is 75.7 Å². The van der Waals surface area contributed by atoms with Crippen molar-refractivity contribution >= 4 is 17.5 Å². The molecule has 39 heavy (non-hydrogen) atoms. The van der Waals surface area contributed by atoms with Crippen LogP contribution < -0.4 is 5.73 Å². The number of unbranched alkanes of at least 4 members (excludes halogenated alkanes) is 1. The van der Waals surface area contributed by atoms with Gasteiger partial charge < -0.3 is 30.3 Å². The van der Waals surface area contributed by atoms with E-state index in [-0.39, 0.29) is 18.4 Å². The summed E-state index contributed by atoms with van der Waals surface area (Å²) in [6.45, 7) is 5.81. The predicted octanol–water partition coefficient (Wildman–Crippen LogP) is 3.86. The molecule has 1 aromatic heterocycles. The molecule has 1 saturated heterocycles. The average molecular weight is 560 g/mol. The van der Waals surface area contributed by atoms with Gasteiger partial charge in [0.2, 0.25) is 5.91 Å². The molecule has 214 valence electrons. The van der Waals surface area contributed by atoms with E-state index >= 15 is 0 Å². The highest BCUT2D eigenvalue weighted by atomic mass is 35.5. The molecule has 2 aromatic rings. The number of hydrogen-bond donors (Lipinski definition) is 3. The van der Waals surface area contributed by atoms with Crippen LogP contribution in [0.2, 0.25) is 5.15 Å². The number of hydrogen-bond acceptors (Lipinski definition) is 7. The first-order valence-electron chi connectivity index (χ1n) is 14.0. The number of amides is 1. The fourth-order valence-corrected chi connectivity index (χ4v) is 6.15. The molecule has 1 amide bonds. The molecule has 2 fully saturated rings. The van der Waals surface area contributed by atoms with Crippen molar-refractivity contribution in [1.82, 2.24) is 9.88 Å². The zero-order valence-corrected chi connectivity index (χ0v) is 23.9. The Bertz CT molecular complexity index is 1120. The number of methoxy groups -OCH3 is 1. The highest BCUT2D eigenvalue weighted by molar-refractivity contribution is 6.32. The van der Waals surface area contributed by atoms with Crippen LogP contribution in [-0.2, 0) is 19.9 Å². The molecule has 1 aromatic carbocycles. The van der Waals surface area contributed by atoms with E-state index in [1.165, 1.54) is 0 Å². The Morgan fingerprint density at radius 1 is 1.31 bits per heavy atom. The maximum atomic E-state index is 13.4. The minimum absolute atomic E-state index is 0.0466. The summed E-state index contributed by atoms with van der Waals surface area (Å²) in [7, 11) is 1.66. The van der Waals surface area contributed by atoms with Crippen LogP contribution in [0.5, 0.6) is 0 Å². The molecule has 0 spiro atoms. The second-order valence-corrected chi connectivity index (χ2v) is 11.6. The molecule has 4 rings (SSSR count). The predicted molar refractivity (Wildman–Crippen MR) is 151 cm³/mol. The maximum Gasteiger partial charge on any atom is 0.226 e. The summed E-state index contributed by atoms with van der Waals surface area (Å²) in [4.78, 5) is 19.5. The topological polar surface area (TPSA) is 118 Å². The van der Waals surface area contributed by atoms with Crippen LogP contribution in [0.15, 0.2) is 36.5 Å². The second-order valence-electron chi connectivity index (χ2n) is 11.2. The number of benzene rings is 1. The van der Waals surface area contributed by atoms with Gasteiger partial charge in [-0.2, -0.15) is 0 Å². The molecule has 8 nitrogen and oxygen atoms in total. The minimum atomic E-state index is -1.44. The number of aromatic nitrogens is 1. The number of nitrogens with zero attached hydrogens (tertiary/aromatic N) is 2.